The van der Waals surface area contributed by atoms with Crippen LogP contribution in [0.2, 0.25) is 0 Å². The van der Waals surface area contributed by atoms with Crippen molar-refractivity contribution in [3.8, 4) is 0 Å². The van der Waals surface area contributed by atoms with Crippen LogP contribution in [0.1, 0.15) is 38.7 Å². The Labute approximate surface area is 92.1 Å². The van der Waals surface area contributed by atoms with Crippen molar-refractivity contribution in [2.75, 3.05) is 0 Å². The van der Waals surface area contributed by atoms with Crippen LogP contribution in [0.5, 0.6) is 0 Å². The number of rotatable bonds is 3. The molecule has 0 saturated heterocycles. The predicted molar refractivity (Wildman–Crippen MR) is 61.5 cm³/mol. The molecule has 2 heteroatoms. The van der Waals surface area contributed by atoms with E-state index >= 15 is 0 Å². The fourth-order valence-electron chi connectivity index (χ4n) is 2.77. The molecule has 0 radical (unpaired) electrons. The number of hydrogen-bond acceptors (Lipinski definition) is 2. The zero-order valence-corrected chi connectivity index (χ0v) is 9.70. The Morgan fingerprint density at radius 3 is 2.60 bits per heavy atom. The minimum absolute atomic E-state index is 0.693. The number of hydrogen-bond donors (Lipinski definition) is 1. The highest BCUT2D eigenvalue weighted by Gasteiger charge is 2.23. The van der Waals surface area contributed by atoms with E-state index in [9.17, 15) is 0 Å². The van der Waals surface area contributed by atoms with Gasteiger partial charge in [-0.2, -0.15) is 0 Å². The minimum atomic E-state index is 0.693. The number of nitrogens with one attached hydrogen (secondary N) is 1. The molecule has 84 valence electrons. The second-order valence-corrected chi connectivity index (χ2v) is 5.13. The maximum absolute atomic E-state index is 5.06. The van der Waals surface area contributed by atoms with Gasteiger partial charge in [0.25, 0.3) is 0 Å². The molecule has 2 nitrogen and oxygen atoms in total. The first kappa shape index (κ1) is 10.7. The first-order valence-electron chi connectivity index (χ1n) is 5.98. The van der Waals surface area contributed by atoms with E-state index in [4.69, 9.17) is 4.42 Å². The third kappa shape index (κ3) is 3.10. The summed E-state index contributed by atoms with van der Waals surface area (Å²) in [4.78, 5) is 0. The predicted octanol–water partition coefficient (Wildman–Crippen LogP) is 3.19. The van der Waals surface area contributed by atoms with E-state index in [1.54, 1.807) is 6.26 Å². The first-order chi connectivity index (χ1) is 7.24. The molecule has 1 heterocycles. The Morgan fingerprint density at radius 2 is 2.00 bits per heavy atom. The van der Waals surface area contributed by atoms with Crippen LogP contribution in [0.25, 0.3) is 0 Å². The Hall–Kier alpha value is -0.760. The van der Waals surface area contributed by atoms with Gasteiger partial charge in [-0.3, -0.25) is 0 Å². The van der Waals surface area contributed by atoms with Gasteiger partial charge in [0, 0.05) is 18.2 Å². The molecule has 1 aromatic rings. The van der Waals surface area contributed by atoms with E-state index < -0.39 is 0 Å². The second kappa shape index (κ2) is 4.84. The molecule has 2 unspecified atom stereocenters. The highest BCUT2D eigenvalue weighted by Crippen LogP contribution is 2.28. The van der Waals surface area contributed by atoms with Gasteiger partial charge < -0.3 is 9.73 Å². The second-order valence-electron chi connectivity index (χ2n) is 5.13. The lowest BCUT2D eigenvalue weighted by molar-refractivity contribution is 0.238. The van der Waals surface area contributed by atoms with Gasteiger partial charge in [0.2, 0.25) is 0 Å². The molecular formula is C13H21NO. The summed E-state index contributed by atoms with van der Waals surface area (Å²) in [7, 11) is 0. The summed E-state index contributed by atoms with van der Waals surface area (Å²) in [6, 6.07) is 2.72. The third-order valence-corrected chi connectivity index (χ3v) is 3.35. The van der Waals surface area contributed by atoms with Gasteiger partial charge in [-0.25, -0.2) is 0 Å². The molecule has 1 saturated carbocycles. The number of furan rings is 1. The summed E-state index contributed by atoms with van der Waals surface area (Å²) < 4.78 is 5.06. The van der Waals surface area contributed by atoms with Crippen molar-refractivity contribution in [2.24, 2.45) is 11.8 Å². The van der Waals surface area contributed by atoms with E-state index in [-0.39, 0.29) is 0 Å². The average Bonchev–Trinajstić information content (AvgIpc) is 2.65. The summed E-state index contributed by atoms with van der Waals surface area (Å²) in [6.45, 7) is 5.67. The highest BCUT2D eigenvalue weighted by atomic mass is 16.3. The van der Waals surface area contributed by atoms with Crippen LogP contribution in [0.15, 0.2) is 23.0 Å². The van der Waals surface area contributed by atoms with Crippen molar-refractivity contribution >= 4 is 0 Å². The fraction of sp³-hybridized carbons (Fsp3) is 0.692. The Balaban J connectivity index is 1.79. The standard InChI is InChI=1S/C13H21NO/c1-10-5-11(2)7-13(6-10)14-8-12-3-4-15-9-12/h3-4,9-11,13-14H,5-8H2,1-2H3. The van der Waals surface area contributed by atoms with Gasteiger partial charge in [-0.15, -0.1) is 0 Å². The van der Waals surface area contributed by atoms with Crippen LogP contribution in [0.3, 0.4) is 0 Å². The molecule has 2 atom stereocenters. The highest BCUT2D eigenvalue weighted by molar-refractivity contribution is 5.04. The van der Waals surface area contributed by atoms with E-state index in [0.717, 1.165) is 18.4 Å². The molecule has 0 aromatic carbocycles. The average molecular weight is 207 g/mol. The molecule has 15 heavy (non-hydrogen) atoms. The van der Waals surface area contributed by atoms with Crippen LogP contribution in [0, 0.1) is 11.8 Å². The van der Waals surface area contributed by atoms with Gasteiger partial charge >= 0.3 is 0 Å². The molecule has 1 aliphatic rings. The molecule has 1 N–H and O–H groups in total. The first-order valence-corrected chi connectivity index (χ1v) is 5.98. The summed E-state index contributed by atoms with van der Waals surface area (Å²) >= 11 is 0. The van der Waals surface area contributed by atoms with Crippen LogP contribution in [-0.4, -0.2) is 6.04 Å². The summed E-state index contributed by atoms with van der Waals surface area (Å²) in [5, 5.41) is 3.62. The van der Waals surface area contributed by atoms with Gasteiger partial charge in [0.1, 0.15) is 0 Å². The lowest BCUT2D eigenvalue weighted by Crippen LogP contribution is -2.35. The topological polar surface area (TPSA) is 25.2 Å². The Kier molecular flexibility index (Phi) is 3.47. The van der Waals surface area contributed by atoms with Crippen molar-refractivity contribution in [3.63, 3.8) is 0 Å². The molecule has 2 rings (SSSR count). The molecule has 0 bridgehead atoms. The maximum atomic E-state index is 5.06. The van der Waals surface area contributed by atoms with Crippen LogP contribution < -0.4 is 5.32 Å². The van der Waals surface area contributed by atoms with Gasteiger partial charge in [0.05, 0.1) is 12.5 Å². The largest absolute Gasteiger partial charge is 0.472 e. The van der Waals surface area contributed by atoms with E-state index in [1.807, 2.05) is 12.3 Å². The lowest BCUT2D eigenvalue weighted by atomic mass is 9.80. The summed E-state index contributed by atoms with van der Waals surface area (Å²) in [6.07, 6.45) is 7.60. The maximum Gasteiger partial charge on any atom is 0.0947 e. The molecule has 0 spiro atoms. The van der Waals surface area contributed by atoms with E-state index in [1.165, 1.54) is 24.8 Å². The van der Waals surface area contributed by atoms with Crippen LogP contribution in [-0.2, 0) is 6.54 Å². The molecule has 1 fully saturated rings. The quantitative estimate of drug-likeness (QED) is 0.823. The molecule has 0 aliphatic heterocycles. The van der Waals surface area contributed by atoms with E-state index in [0.29, 0.717) is 6.04 Å². The van der Waals surface area contributed by atoms with Gasteiger partial charge in [-0.05, 0) is 37.2 Å². The molecule has 1 aliphatic carbocycles. The normalized spacial score (nSPS) is 31.7. The van der Waals surface area contributed by atoms with E-state index in [2.05, 4.69) is 19.2 Å². The molecule has 0 amide bonds. The van der Waals surface area contributed by atoms with Gasteiger partial charge in [0.15, 0.2) is 0 Å². The van der Waals surface area contributed by atoms with Crippen molar-refractivity contribution in [2.45, 2.75) is 45.7 Å². The zero-order chi connectivity index (χ0) is 10.7. The Morgan fingerprint density at radius 1 is 1.27 bits per heavy atom. The third-order valence-electron chi connectivity index (χ3n) is 3.35. The minimum Gasteiger partial charge on any atom is -0.472 e. The summed E-state index contributed by atoms with van der Waals surface area (Å²) in [5.74, 6) is 1.74. The summed E-state index contributed by atoms with van der Waals surface area (Å²) in [5.41, 5.74) is 1.25. The lowest BCUT2D eigenvalue weighted by Gasteiger charge is -2.32. The smallest absolute Gasteiger partial charge is 0.0947 e. The Bertz CT molecular complexity index is 271. The van der Waals surface area contributed by atoms with Crippen LogP contribution >= 0.6 is 0 Å². The monoisotopic (exact) mass is 207 g/mol. The molecule has 1 aromatic heterocycles. The zero-order valence-electron chi connectivity index (χ0n) is 9.70. The SMILES string of the molecule is CC1CC(C)CC(NCc2ccoc2)C1. The van der Waals surface area contributed by atoms with Crippen molar-refractivity contribution in [1.29, 1.82) is 0 Å². The fourth-order valence-corrected chi connectivity index (χ4v) is 2.77. The van der Waals surface area contributed by atoms with Crippen molar-refractivity contribution in [3.05, 3.63) is 24.2 Å². The molecular weight excluding hydrogens is 186 g/mol. The van der Waals surface area contributed by atoms with Crippen molar-refractivity contribution in [1.82, 2.24) is 5.32 Å². The van der Waals surface area contributed by atoms with Gasteiger partial charge in [-0.1, -0.05) is 13.8 Å². The van der Waals surface area contributed by atoms with Crippen LogP contribution in [0.4, 0.5) is 0 Å². The van der Waals surface area contributed by atoms with Crippen molar-refractivity contribution < 1.29 is 4.42 Å².